The standard InChI is InChI=1S/C9H13NO5S/c1-2-3-4-6-5-7(8(10)11)15-9(6)16(12,13)14/h5H,2-4H2,1H3,(H2,10,11)(H,12,13,14). The molecule has 0 spiro atoms. The van der Waals surface area contributed by atoms with E-state index in [9.17, 15) is 13.2 Å². The quantitative estimate of drug-likeness (QED) is 0.753. The van der Waals surface area contributed by atoms with Crippen LogP contribution in [0.1, 0.15) is 35.9 Å². The van der Waals surface area contributed by atoms with Gasteiger partial charge in [0.05, 0.1) is 0 Å². The van der Waals surface area contributed by atoms with Crippen LogP contribution in [-0.4, -0.2) is 18.9 Å². The number of carbonyl (C=O) groups is 1. The minimum Gasteiger partial charge on any atom is -0.437 e. The van der Waals surface area contributed by atoms with Crippen molar-refractivity contribution in [3.05, 3.63) is 17.4 Å². The minimum atomic E-state index is -4.45. The second-order valence-electron chi connectivity index (χ2n) is 3.37. The van der Waals surface area contributed by atoms with E-state index in [0.29, 0.717) is 6.42 Å². The first-order valence-electron chi connectivity index (χ1n) is 4.76. The van der Waals surface area contributed by atoms with E-state index >= 15 is 0 Å². The van der Waals surface area contributed by atoms with Gasteiger partial charge in [-0.2, -0.15) is 8.42 Å². The number of rotatable bonds is 5. The third kappa shape index (κ3) is 2.83. The van der Waals surface area contributed by atoms with E-state index in [1.807, 2.05) is 6.92 Å². The molecule has 7 heteroatoms. The van der Waals surface area contributed by atoms with Crippen LogP contribution in [0, 0.1) is 0 Å². The van der Waals surface area contributed by atoms with E-state index in [1.54, 1.807) is 0 Å². The fraction of sp³-hybridized carbons (Fsp3) is 0.444. The molecule has 1 heterocycles. The highest BCUT2D eigenvalue weighted by molar-refractivity contribution is 7.85. The van der Waals surface area contributed by atoms with Gasteiger partial charge in [0.25, 0.3) is 5.91 Å². The van der Waals surface area contributed by atoms with Gasteiger partial charge in [0, 0.05) is 5.56 Å². The summed E-state index contributed by atoms with van der Waals surface area (Å²) in [5.74, 6) is -1.13. The maximum atomic E-state index is 11.0. The summed E-state index contributed by atoms with van der Waals surface area (Å²) in [6.07, 6.45) is 1.98. The third-order valence-corrected chi connectivity index (χ3v) is 2.86. The number of furan rings is 1. The number of hydrogen-bond donors (Lipinski definition) is 2. The van der Waals surface area contributed by atoms with Gasteiger partial charge in [-0.05, 0) is 18.9 Å². The van der Waals surface area contributed by atoms with E-state index in [2.05, 4.69) is 0 Å². The lowest BCUT2D eigenvalue weighted by atomic mass is 10.1. The molecule has 0 aliphatic carbocycles. The van der Waals surface area contributed by atoms with Gasteiger partial charge in [-0.25, -0.2) is 0 Å². The maximum absolute atomic E-state index is 11.0. The van der Waals surface area contributed by atoms with Crippen LogP contribution >= 0.6 is 0 Å². The summed E-state index contributed by atoms with van der Waals surface area (Å²) >= 11 is 0. The van der Waals surface area contributed by atoms with Crippen LogP contribution in [0.4, 0.5) is 0 Å². The SMILES string of the molecule is CCCCc1cc(C(N)=O)oc1S(=O)(=O)O. The van der Waals surface area contributed by atoms with Crippen LogP contribution in [0.5, 0.6) is 0 Å². The highest BCUT2D eigenvalue weighted by Gasteiger charge is 2.23. The second-order valence-corrected chi connectivity index (χ2v) is 4.69. The molecule has 1 rings (SSSR count). The molecule has 0 aromatic carbocycles. The number of primary amides is 1. The summed E-state index contributed by atoms with van der Waals surface area (Å²) in [5.41, 5.74) is 5.23. The average Bonchev–Trinajstić information content (AvgIpc) is 2.57. The van der Waals surface area contributed by atoms with Gasteiger partial charge < -0.3 is 10.2 Å². The molecule has 1 amide bonds. The largest absolute Gasteiger partial charge is 0.437 e. The molecule has 6 nitrogen and oxygen atoms in total. The molecule has 16 heavy (non-hydrogen) atoms. The molecular weight excluding hydrogens is 234 g/mol. The van der Waals surface area contributed by atoms with Crippen LogP contribution in [0.2, 0.25) is 0 Å². The zero-order chi connectivity index (χ0) is 12.3. The van der Waals surface area contributed by atoms with Crippen molar-refractivity contribution in [3.63, 3.8) is 0 Å². The van der Waals surface area contributed by atoms with Crippen LogP contribution in [0.15, 0.2) is 15.6 Å². The molecule has 0 unspecified atom stereocenters. The summed E-state index contributed by atoms with van der Waals surface area (Å²) in [7, 11) is -4.45. The fourth-order valence-electron chi connectivity index (χ4n) is 1.29. The zero-order valence-electron chi connectivity index (χ0n) is 8.76. The van der Waals surface area contributed by atoms with Crippen molar-refractivity contribution in [1.29, 1.82) is 0 Å². The van der Waals surface area contributed by atoms with Crippen LogP contribution < -0.4 is 5.73 Å². The summed E-state index contributed by atoms with van der Waals surface area (Å²) < 4.78 is 35.5. The predicted molar refractivity (Wildman–Crippen MR) is 55.7 cm³/mol. The smallest absolute Gasteiger partial charge is 0.328 e. The number of hydrogen-bond acceptors (Lipinski definition) is 4. The lowest BCUT2D eigenvalue weighted by Crippen LogP contribution is -2.09. The van der Waals surface area contributed by atoms with Gasteiger partial charge in [-0.15, -0.1) is 0 Å². The van der Waals surface area contributed by atoms with Gasteiger partial charge in [-0.1, -0.05) is 13.3 Å². The van der Waals surface area contributed by atoms with E-state index in [4.69, 9.17) is 14.7 Å². The highest BCUT2D eigenvalue weighted by Crippen LogP contribution is 2.22. The summed E-state index contributed by atoms with van der Waals surface area (Å²) in [5, 5.41) is -0.588. The summed E-state index contributed by atoms with van der Waals surface area (Å²) in [6.45, 7) is 1.93. The maximum Gasteiger partial charge on any atom is 0.328 e. The van der Waals surface area contributed by atoms with Crippen molar-refractivity contribution in [2.24, 2.45) is 5.73 Å². The Morgan fingerprint density at radius 1 is 1.56 bits per heavy atom. The monoisotopic (exact) mass is 247 g/mol. The van der Waals surface area contributed by atoms with Crippen molar-refractivity contribution in [3.8, 4) is 0 Å². The Kier molecular flexibility index (Phi) is 3.71. The molecular formula is C9H13NO5S. The van der Waals surface area contributed by atoms with Crippen molar-refractivity contribution in [2.45, 2.75) is 31.3 Å². The topological polar surface area (TPSA) is 111 Å². The highest BCUT2D eigenvalue weighted by atomic mass is 32.2. The molecule has 3 N–H and O–H groups in total. The molecule has 0 aliphatic heterocycles. The van der Waals surface area contributed by atoms with Crippen molar-refractivity contribution in [1.82, 2.24) is 0 Å². The van der Waals surface area contributed by atoms with Crippen molar-refractivity contribution >= 4 is 16.0 Å². The Morgan fingerprint density at radius 2 is 2.19 bits per heavy atom. The van der Waals surface area contributed by atoms with Crippen LogP contribution in [-0.2, 0) is 16.5 Å². The molecule has 0 fully saturated rings. The average molecular weight is 247 g/mol. The zero-order valence-corrected chi connectivity index (χ0v) is 9.58. The second kappa shape index (κ2) is 4.67. The third-order valence-electron chi connectivity index (χ3n) is 2.05. The lowest BCUT2D eigenvalue weighted by molar-refractivity contribution is 0.0968. The predicted octanol–water partition coefficient (Wildman–Crippen LogP) is 0.968. The fourth-order valence-corrected chi connectivity index (χ4v) is 1.98. The molecule has 0 radical (unpaired) electrons. The molecule has 1 aromatic heterocycles. The van der Waals surface area contributed by atoms with Gasteiger partial charge in [0.15, 0.2) is 5.76 Å². The molecule has 0 atom stereocenters. The van der Waals surface area contributed by atoms with E-state index in [0.717, 1.165) is 12.8 Å². The van der Waals surface area contributed by atoms with E-state index < -0.39 is 21.1 Å². The van der Waals surface area contributed by atoms with Crippen molar-refractivity contribution < 1.29 is 22.2 Å². The minimum absolute atomic E-state index is 0.265. The van der Waals surface area contributed by atoms with Crippen LogP contribution in [0.3, 0.4) is 0 Å². The summed E-state index contributed by atoms with van der Waals surface area (Å²) in [6, 6.07) is 1.25. The molecule has 0 saturated carbocycles. The summed E-state index contributed by atoms with van der Waals surface area (Å²) in [4.78, 5) is 10.8. The molecule has 1 aromatic rings. The van der Waals surface area contributed by atoms with Gasteiger partial charge >= 0.3 is 10.1 Å². The molecule has 90 valence electrons. The first-order valence-corrected chi connectivity index (χ1v) is 6.20. The van der Waals surface area contributed by atoms with E-state index in [-0.39, 0.29) is 11.3 Å². The Labute approximate surface area is 93.2 Å². The van der Waals surface area contributed by atoms with Crippen LogP contribution in [0.25, 0.3) is 0 Å². The Bertz CT molecular complexity index is 488. The number of nitrogens with two attached hydrogens (primary N) is 1. The number of amides is 1. The Balaban J connectivity index is 3.18. The Morgan fingerprint density at radius 3 is 2.62 bits per heavy atom. The number of unbranched alkanes of at least 4 members (excludes halogenated alkanes) is 1. The normalized spacial score (nSPS) is 11.6. The van der Waals surface area contributed by atoms with Gasteiger partial charge in [-0.3, -0.25) is 9.35 Å². The van der Waals surface area contributed by atoms with Gasteiger partial charge in [0.1, 0.15) is 0 Å². The first-order chi connectivity index (χ1) is 7.36. The number of carbonyl (C=O) groups excluding carboxylic acids is 1. The van der Waals surface area contributed by atoms with E-state index in [1.165, 1.54) is 6.07 Å². The Hall–Kier alpha value is -1.34. The first kappa shape index (κ1) is 12.7. The number of aryl methyl sites for hydroxylation is 1. The van der Waals surface area contributed by atoms with Crippen molar-refractivity contribution in [2.75, 3.05) is 0 Å². The molecule has 0 saturated heterocycles. The molecule has 0 bridgehead atoms. The lowest BCUT2D eigenvalue weighted by Gasteiger charge is -1.97. The molecule has 0 aliphatic rings. The van der Waals surface area contributed by atoms with Gasteiger partial charge in [0.2, 0.25) is 5.09 Å².